The minimum Gasteiger partial charge on any atom is -0.349 e. The molecule has 2 N–H and O–H groups in total. The summed E-state index contributed by atoms with van der Waals surface area (Å²) in [5.41, 5.74) is 2.71. The summed E-state index contributed by atoms with van der Waals surface area (Å²) < 4.78 is 0.919. The second-order valence-corrected chi connectivity index (χ2v) is 8.47. The molecule has 0 saturated carbocycles. The molecule has 2 aromatic rings. The fourth-order valence-corrected chi connectivity index (χ4v) is 3.98. The first-order valence-electron chi connectivity index (χ1n) is 10.1. The lowest BCUT2D eigenvalue weighted by Crippen LogP contribution is -2.31. The van der Waals surface area contributed by atoms with Crippen LogP contribution in [0.25, 0.3) is 0 Å². The van der Waals surface area contributed by atoms with E-state index in [-0.39, 0.29) is 24.1 Å². The van der Waals surface area contributed by atoms with E-state index >= 15 is 0 Å². The number of amides is 3. The van der Waals surface area contributed by atoms with E-state index in [1.54, 1.807) is 6.07 Å². The number of rotatable bonds is 6. The number of hydrogen-bond donors (Lipinski definition) is 2. The summed E-state index contributed by atoms with van der Waals surface area (Å²) >= 11 is 3.39. The summed E-state index contributed by atoms with van der Waals surface area (Å²) in [5, 5.41) is 5.73. The van der Waals surface area contributed by atoms with Crippen LogP contribution in [0.4, 0.5) is 5.69 Å². The van der Waals surface area contributed by atoms with Crippen LogP contribution in [0.1, 0.15) is 53.7 Å². The maximum absolute atomic E-state index is 13.0. The van der Waals surface area contributed by atoms with Crippen molar-refractivity contribution >= 4 is 39.3 Å². The highest BCUT2D eigenvalue weighted by atomic mass is 79.9. The molecule has 0 radical (unpaired) electrons. The van der Waals surface area contributed by atoms with Crippen LogP contribution in [0.3, 0.4) is 0 Å². The average molecular weight is 472 g/mol. The molecule has 1 atom stereocenters. The summed E-state index contributed by atoms with van der Waals surface area (Å²) in [6, 6.07) is 12.5. The van der Waals surface area contributed by atoms with E-state index in [0.29, 0.717) is 11.3 Å². The third-order valence-electron chi connectivity index (χ3n) is 5.19. The third-order valence-corrected chi connectivity index (χ3v) is 5.72. The van der Waals surface area contributed by atoms with Crippen molar-refractivity contribution in [1.82, 2.24) is 10.2 Å². The molecular formula is C23H26BrN3O3. The van der Waals surface area contributed by atoms with Crippen LogP contribution in [0, 0.1) is 6.92 Å². The standard InChI is InChI=1S/C23H26BrN3O3/c1-15-6-5-7-19(22(15)23(30)27-12-3-4-13-27)26-21(29)14-20(25-16(2)28)17-8-10-18(24)11-9-17/h5-11,20H,3-4,12-14H2,1-2H3,(H,25,28)(H,26,29). The Kier molecular flexibility index (Phi) is 7.26. The van der Waals surface area contributed by atoms with Crippen LogP contribution in [0.15, 0.2) is 46.9 Å². The minimum atomic E-state index is -0.460. The van der Waals surface area contributed by atoms with Gasteiger partial charge in [-0.05, 0) is 49.1 Å². The fourth-order valence-electron chi connectivity index (χ4n) is 3.71. The van der Waals surface area contributed by atoms with Gasteiger partial charge in [-0.15, -0.1) is 0 Å². The molecule has 6 nitrogen and oxygen atoms in total. The van der Waals surface area contributed by atoms with E-state index in [1.165, 1.54) is 6.92 Å². The van der Waals surface area contributed by atoms with Crippen LogP contribution in [0.2, 0.25) is 0 Å². The van der Waals surface area contributed by atoms with Crippen LogP contribution in [-0.4, -0.2) is 35.7 Å². The van der Waals surface area contributed by atoms with E-state index in [2.05, 4.69) is 26.6 Å². The number of benzene rings is 2. The van der Waals surface area contributed by atoms with E-state index in [4.69, 9.17) is 0 Å². The van der Waals surface area contributed by atoms with Crippen molar-refractivity contribution in [2.75, 3.05) is 18.4 Å². The highest BCUT2D eigenvalue weighted by Crippen LogP contribution is 2.25. The predicted octanol–water partition coefficient (Wildman–Crippen LogP) is 4.20. The zero-order chi connectivity index (χ0) is 21.7. The average Bonchev–Trinajstić information content (AvgIpc) is 3.22. The highest BCUT2D eigenvalue weighted by molar-refractivity contribution is 9.10. The fraction of sp³-hybridized carbons (Fsp3) is 0.348. The van der Waals surface area contributed by atoms with Gasteiger partial charge in [0.2, 0.25) is 11.8 Å². The number of nitrogens with one attached hydrogen (secondary N) is 2. The molecule has 0 aliphatic carbocycles. The van der Waals surface area contributed by atoms with Gasteiger partial charge in [-0.2, -0.15) is 0 Å². The Morgan fingerprint density at radius 3 is 2.37 bits per heavy atom. The van der Waals surface area contributed by atoms with Gasteiger partial charge in [0.05, 0.1) is 23.7 Å². The van der Waals surface area contributed by atoms with Gasteiger partial charge in [-0.3, -0.25) is 14.4 Å². The van der Waals surface area contributed by atoms with Crippen molar-refractivity contribution in [2.24, 2.45) is 0 Å². The summed E-state index contributed by atoms with van der Waals surface area (Å²) in [6.07, 6.45) is 2.07. The normalized spacial score (nSPS) is 14.3. The van der Waals surface area contributed by atoms with Gasteiger partial charge in [0.15, 0.2) is 0 Å². The lowest BCUT2D eigenvalue weighted by molar-refractivity contribution is -0.120. The highest BCUT2D eigenvalue weighted by Gasteiger charge is 2.25. The molecule has 0 aromatic heterocycles. The van der Waals surface area contributed by atoms with Crippen molar-refractivity contribution in [3.8, 4) is 0 Å². The quantitative estimate of drug-likeness (QED) is 0.662. The Morgan fingerprint density at radius 2 is 1.73 bits per heavy atom. The predicted molar refractivity (Wildman–Crippen MR) is 120 cm³/mol. The maximum atomic E-state index is 13.0. The molecule has 30 heavy (non-hydrogen) atoms. The van der Waals surface area contributed by atoms with Gasteiger partial charge in [0.1, 0.15) is 0 Å². The summed E-state index contributed by atoms with van der Waals surface area (Å²) in [6.45, 7) is 4.79. The lowest BCUT2D eigenvalue weighted by Gasteiger charge is -2.21. The number of aryl methyl sites for hydroxylation is 1. The number of hydrogen-bond acceptors (Lipinski definition) is 3. The van der Waals surface area contributed by atoms with Crippen molar-refractivity contribution in [3.05, 3.63) is 63.6 Å². The molecule has 1 aliphatic heterocycles. The number of likely N-dealkylation sites (tertiary alicyclic amines) is 1. The first kappa shape index (κ1) is 22.0. The van der Waals surface area contributed by atoms with Gasteiger partial charge in [0, 0.05) is 24.5 Å². The van der Waals surface area contributed by atoms with Crippen molar-refractivity contribution in [3.63, 3.8) is 0 Å². The zero-order valence-corrected chi connectivity index (χ0v) is 18.8. The van der Waals surface area contributed by atoms with E-state index in [9.17, 15) is 14.4 Å². The van der Waals surface area contributed by atoms with Crippen molar-refractivity contribution < 1.29 is 14.4 Å². The van der Waals surface area contributed by atoms with Crippen LogP contribution < -0.4 is 10.6 Å². The molecule has 2 aromatic carbocycles. The third kappa shape index (κ3) is 5.48. The van der Waals surface area contributed by atoms with Gasteiger partial charge < -0.3 is 15.5 Å². The molecule has 1 aliphatic rings. The van der Waals surface area contributed by atoms with E-state index in [1.807, 2.05) is 48.2 Å². The summed E-state index contributed by atoms with van der Waals surface area (Å²) in [7, 11) is 0. The zero-order valence-electron chi connectivity index (χ0n) is 17.2. The van der Waals surface area contributed by atoms with Crippen LogP contribution in [-0.2, 0) is 9.59 Å². The molecule has 158 valence electrons. The van der Waals surface area contributed by atoms with Gasteiger partial charge in [0.25, 0.3) is 5.91 Å². The molecule has 1 heterocycles. The molecule has 1 fully saturated rings. The summed E-state index contributed by atoms with van der Waals surface area (Å²) in [5.74, 6) is -0.527. The SMILES string of the molecule is CC(=O)NC(CC(=O)Nc1cccc(C)c1C(=O)N1CCCC1)c1ccc(Br)cc1. The molecule has 7 heteroatoms. The maximum Gasteiger partial charge on any atom is 0.256 e. The Bertz CT molecular complexity index is 937. The van der Waals surface area contributed by atoms with Gasteiger partial charge in [-0.1, -0.05) is 40.2 Å². The smallest absolute Gasteiger partial charge is 0.256 e. The summed E-state index contributed by atoms with van der Waals surface area (Å²) in [4.78, 5) is 39.4. The molecule has 3 rings (SSSR count). The Balaban J connectivity index is 1.79. The number of carbonyl (C=O) groups excluding carboxylic acids is 3. The second kappa shape index (κ2) is 9.89. The topological polar surface area (TPSA) is 78.5 Å². The van der Waals surface area contributed by atoms with Crippen molar-refractivity contribution in [2.45, 2.75) is 39.2 Å². The number of carbonyl (C=O) groups is 3. The van der Waals surface area contributed by atoms with Gasteiger partial charge >= 0.3 is 0 Å². The van der Waals surface area contributed by atoms with E-state index in [0.717, 1.165) is 41.5 Å². The molecular weight excluding hydrogens is 446 g/mol. The van der Waals surface area contributed by atoms with Crippen LogP contribution in [0.5, 0.6) is 0 Å². The molecule has 1 saturated heterocycles. The first-order valence-corrected chi connectivity index (χ1v) is 10.9. The van der Waals surface area contributed by atoms with E-state index < -0.39 is 6.04 Å². The number of nitrogens with zero attached hydrogens (tertiary/aromatic N) is 1. The van der Waals surface area contributed by atoms with Crippen molar-refractivity contribution in [1.29, 1.82) is 0 Å². The number of halogens is 1. The number of anilines is 1. The Morgan fingerprint density at radius 1 is 1.07 bits per heavy atom. The Hall–Kier alpha value is -2.67. The minimum absolute atomic E-state index is 0.0489. The largest absolute Gasteiger partial charge is 0.349 e. The lowest BCUT2D eigenvalue weighted by atomic mass is 10.0. The monoisotopic (exact) mass is 471 g/mol. The van der Waals surface area contributed by atoms with Gasteiger partial charge in [-0.25, -0.2) is 0 Å². The second-order valence-electron chi connectivity index (χ2n) is 7.55. The Labute approximate surface area is 185 Å². The molecule has 0 spiro atoms. The first-order chi connectivity index (χ1) is 14.3. The molecule has 0 bridgehead atoms. The molecule has 3 amide bonds. The van der Waals surface area contributed by atoms with Crippen LogP contribution >= 0.6 is 15.9 Å². The molecule has 1 unspecified atom stereocenters.